The number of halogens is 3. The van der Waals surface area contributed by atoms with Crippen molar-refractivity contribution in [3.8, 4) is 5.95 Å². The molecule has 4 aromatic rings. The second-order valence-corrected chi connectivity index (χ2v) is 8.95. The monoisotopic (exact) mass is 440 g/mol. The van der Waals surface area contributed by atoms with Gasteiger partial charge < -0.3 is 4.98 Å². The Labute approximate surface area is 169 Å². The molecular formula is C17H11Cl3N4O2S. The zero-order valence-corrected chi connectivity index (χ0v) is 16.6. The number of sulfone groups is 1. The molecular weight excluding hydrogens is 431 g/mol. The Morgan fingerprint density at radius 2 is 1.78 bits per heavy atom. The van der Waals surface area contributed by atoms with E-state index in [1.807, 2.05) is 0 Å². The first-order valence-corrected chi connectivity index (χ1v) is 10.5. The number of nitrogens with one attached hydrogen (secondary N) is 1. The second kappa shape index (κ2) is 6.83. The first kappa shape index (κ1) is 18.3. The maximum Gasteiger partial charge on any atom is 0.229 e. The molecule has 0 radical (unpaired) electrons. The summed E-state index contributed by atoms with van der Waals surface area (Å²) in [5.41, 5.74) is 1.38. The summed E-state index contributed by atoms with van der Waals surface area (Å²) in [5.74, 6) is 0.0893. The van der Waals surface area contributed by atoms with Crippen LogP contribution in [-0.4, -0.2) is 28.2 Å². The predicted molar refractivity (Wildman–Crippen MR) is 106 cm³/mol. The summed E-state index contributed by atoms with van der Waals surface area (Å²) in [6.07, 6.45) is 3.33. The van der Waals surface area contributed by atoms with Crippen LogP contribution in [-0.2, 0) is 15.6 Å². The minimum absolute atomic E-state index is 0.0247. The van der Waals surface area contributed by atoms with E-state index in [1.165, 1.54) is 16.8 Å². The summed E-state index contributed by atoms with van der Waals surface area (Å²) in [6, 6.07) is 9.55. The predicted octanol–water partition coefficient (Wildman–Crippen LogP) is 4.68. The molecule has 2 aromatic heterocycles. The lowest BCUT2D eigenvalue weighted by atomic mass is 10.2. The average Bonchev–Trinajstić information content (AvgIpc) is 3.26. The van der Waals surface area contributed by atoms with Crippen molar-refractivity contribution < 1.29 is 8.42 Å². The molecule has 0 saturated carbocycles. The zero-order valence-electron chi connectivity index (χ0n) is 13.5. The van der Waals surface area contributed by atoms with Crippen LogP contribution in [0.15, 0.2) is 53.7 Å². The molecule has 0 aliphatic carbocycles. The highest BCUT2D eigenvalue weighted by atomic mass is 35.5. The molecule has 0 atom stereocenters. The molecule has 10 heteroatoms. The fourth-order valence-corrected chi connectivity index (χ4v) is 5.38. The SMILES string of the molecule is O=S(=O)(Cc1c(Cl)cccc1Cl)c1cc2[nH]c(-n3cccn3)nc2cc1Cl. The Morgan fingerprint density at radius 3 is 2.44 bits per heavy atom. The highest BCUT2D eigenvalue weighted by Crippen LogP contribution is 2.33. The van der Waals surface area contributed by atoms with Gasteiger partial charge in [0.25, 0.3) is 0 Å². The number of aromatic amines is 1. The van der Waals surface area contributed by atoms with Gasteiger partial charge in [-0.05, 0) is 30.3 Å². The van der Waals surface area contributed by atoms with Gasteiger partial charge in [0.05, 0.1) is 26.7 Å². The van der Waals surface area contributed by atoms with Crippen LogP contribution in [0.4, 0.5) is 0 Å². The maximum atomic E-state index is 13.0. The summed E-state index contributed by atoms with van der Waals surface area (Å²) in [7, 11) is -3.80. The first-order chi connectivity index (χ1) is 12.8. The third-order valence-electron chi connectivity index (χ3n) is 3.98. The Bertz CT molecular complexity index is 1230. The molecule has 6 nitrogen and oxygen atoms in total. The Balaban J connectivity index is 1.79. The van der Waals surface area contributed by atoms with Crippen molar-refractivity contribution in [1.29, 1.82) is 0 Å². The molecule has 0 amide bonds. The summed E-state index contributed by atoms with van der Waals surface area (Å²) >= 11 is 18.5. The summed E-state index contributed by atoms with van der Waals surface area (Å²) < 4.78 is 27.4. The molecule has 27 heavy (non-hydrogen) atoms. The molecule has 138 valence electrons. The first-order valence-electron chi connectivity index (χ1n) is 7.70. The number of H-pyrrole nitrogens is 1. The minimum Gasteiger partial charge on any atom is -0.322 e. The molecule has 0 unspecified atom stereocenters. The van der Waals surface area contributed by atoms with Gasteiger partial charge >= 0.3 is 0 Å². The lowest BCUT2D eigenvalue weighted by Crippen LogP contribution is -2.07. The summed E-state index contributed by atoms with van der Waals surface area (Å²) in [4.78, 5) is 7.39. The molecule has 2 aromatic carbocycles. The van der Waals surface area contributed by atoms with E-state index >= 15 is 0 Å². The van der Waals surface area contributed by atoms with Crippen LogP contribution in [0.3, 0.4) is 0 Å². The normalized spacial score (nSPS) is 12.0. The molecule has 0 saturated heterocycles. The van der Waals surface area contributed by atoms with Crippen molar-refractivity contribution in [2.75, 3.05) is 0 Å². The van der Waals surface area contributed by atoms with Crippen LogP contribution < -0.4 is 0 Å². The number of imidazole rings is 1. The van der Waals surface area contributed by atoms with Gasteiger partial charge in [-0.3, -0.25) is 0 Å². The Kier molecular flexibility index (Phi) is 4.63. The molecule has 1 N–H and O–H groups in total. The molecule has 0 aliphatic rings. The lowest BCUT2D eigenvalue weighted by Gasteiger charge is -2.09. The smallest absolute Gasteiger partial charge is 0.229 e. The van der Waals surface area contributed by atoms with Gasteiger partial charge in [0.2, 0.25) is 5.95 Å². The number of hydrogen-bond acceptors (Lipinski definition) is 4. The van der Waals surface area contributed by atoms with Gasteiger partial charge in [-0.2, -0.15) is 5.10 Å². The molecule has 0 fully saturated rings. The molecule has 0 aliphatic heterocycles. The maximum absolute atomic E-state index is 13.0. The van der Waals surface area contributed by atoms with E-state index in [-0.39, 0.29) is 25.7 Å². The Hall–Kier alpha value is -2.06. The van der Waals surface area contributed by atoms with Crippen LogP contribution in [0.1, 0.15) is 5.56 Å². The standard InChI is InChI=1S/C17H11Cl3N4O2S/c18-11-3-1-4-12(19)10(11)9-27(25,26)16-8-15-14(7-13(16)20)22-17(23-15)24-6-2-5-21-24/h1-8H,9H2,(H,22,23). The van der Waals surface area contributed by atoms with Gasteiger partial charge in [-0.1, -0.05) is 40.9 Å². The number of fused-ring (bicyclic) bond motifs is 1. The molecule has 2 heterocycles. The zero-order chi connectivity index (χ0) is 19.2. The molecule has 0 spiro atoms. The van der Waals surface area contributed by atoms with E-state index in [1.54, 1.807) is 36.7 Å². The number of aromatic nitrogens is 4. The van der Waals surface area contributed by atoms with Crippen LogP contribution in [0.2, 0.25) is 15.1 Å². The molecule has 0 bridgehead atoms. The van der Waals surface area contributed by atoms with E-state index in [0.717, 1.165) is 0 Å². The number of rotatable bonds is 4. The van der Waals surface area contributed by atoms with Crippen LogP contribution >= 0.6 is 34.8 Å². The fourth-order valence-electron chi connectivity index (χ4n) is 2.68. The van der Waals surface area contributed by atoms with Crippen LogP contribution in [0, 0.1) is 0 Å². The third-order valence-corrected chi connectivity index (χ3v) is 6.79. The third kappa shape index (κ3) is 3.43. The lowest BCUT2D eigenvalue weighted by molar-refractivity contribution is 0.595. The van der Waals surface area contributed by atoms with Gasteiger partial charge in [0, 0.05) is 28.0 Å². The van der Waals surface area contributed by atoms with E-state index in [4.69, 9.17) is 34.8 Å². The average molecular weight is 442 g/mol. The Morgan fingerprint density at radius 1 is 1.04 bits per heavy atom. The summed E-state index contributed by atoms with van der Waals surface area (Å²) in [5, 5.41) is 4.73. The quantitative estimate of drug-likeness (QED) is 0.498. The van der Waals surface area contributed by atoms with E-state index in [0.29, 0.717) is 22.5 Å². The highest BCUT2D eigenvalue weighted by Gasteiger charge is 2.23. The fraction of sp³-hybridized carbons (Fsp3) is 0.0588. The van der Waals surface area contributed by atoms with Crippen molar-refractivity contribution >= 4 is 55.7 Å². The van der Waals surface area contributed by atoms with Crippen molar-refractivity contribution in [3.63, 3.8) is 0 Å². The topological polar surface area (TPSA) is 80.6 Å². The van der Waals surface area contributed by atoms with Gasteiger partial charge in [-0.15, -0.1) is 0 Å². The number of hydrogen-bond donors (Lipinski definition) is 1. The van der Waals surface area contributed by atoms with Crippen LogP contribution in [0.5, 0.6) is 0 Å². The highest BCUT2D eigenvalue weighted by molar-refractivity contribution is 7.90. The number of benzene rings is 2. The molecule has 4 rings (SSSR count). The van der Waals surface area contributed by atoms with Gasteiger partial charge in [0.15, 0.2) is 9.84 Å². The van der Waals surface area contributed by atoms with E-state index in [9.17, 15) is 8.42 Å². The van der Waals surface area contributed by atoms with Crippen molar-refractivity contribution in [2.45, 2.75) is 10.6 Å². The van der Waals surface area contributed by atoms with Gasteiger partial charge in [-0.25, -0.2) is 18.1 Å². The number of nitrogens with zero attached hydrogens (tertiary/aromatic N) is 3. The second-order valence-electron chi connectivity index (χ2n) is 5.77. The largest absolute Gasteiger partial charge is 0.322 e. The van der Waals surface area contributed by atoms with Crippen molar-refractivity contribution in [3.05, 3.63) is 69.4 Å². The van der Waals surface area contributed by atoms with Crippen molar-refractivity contribution in [2.24, 2.45) is 0 Å². The van der Waals surface area contributed by atoms with Crippen LogP contribution in [0.25, 0.3) is 17.0 Å². The minimum atomic E-state index is -3.80. The van der Waals surface area contributed by atoms with Crippen molar-refractivity contribution in [1.82, 2.24) is 19.7 Å². The van der Waals surface area contributed by atoms with Gasteiger partial charge in [0.1, 0.15) is 0 Å². The summed E-state index contributed by atoms with van der Waals surface area (Å²) in [6.45, 7) is 0. The van der Waals surface area contributed by atoms with E-state index < -0.39 is 9.84 Å². The van der Waals surface area contributed by atoms with E-state index in [2.05, 4.69) is 15.1 Å².